The first-order chi connectivity index (χ1) is 8.99. The molecule has 1 aromatic carbocycles. The van der Waals surface area contributed by atoms with Crippen molar-refractivity contribution in [3.63, 3.8) is 0 Å². The number of nitrogens with zero attached hydrogens (tertiary/aromatic N) is 1. The number of carboxylic acid groups (broad SMARTS) is 1. The Bertz CT molecular complexity index is 572. The van der Waals surface area contributed by atoms with Gasteiger partial charge >= 0.3 is 5.97 Å². The lowest BCUT2D eigenvalue weighted by atomic mass is 10.1. The molecule has 0 fully saturated rings. The largest absolute Gasteiger partial charge is 0.481 e. The molecular formula is C14H13NO4. The van der Waals surface area contributed by atoms with Crippen LogP contribution in [0.4, 0.5) is 5.69 Å². The summed E-state index contributed by atoms with van der Waals surface area (Å²) in [5.41, 5.74) is 1.78. The third-order valence-electron chi connectivity index (χ3n) is 2.92. The average Bonchev–Trinajstić information content (AvgIpc) is 2.62. The lowest BCUT2D eigenvalue weighted by Gasteiger charge is -2.14. The van der Waals surface area contributed by atoms with Crippen LogP contribution in [0.25, 0.3) is 0 Å². The fourth-order valence-corrected chi connectivity index (χ4v) is 1.90. The fraction of sp³-hybridized carbons (Fsp3) is 0.214. The standard InChI is InChI=1S/C14H13NO4/c1-9-8-12(16)15(14(9)19)11-5-2-10(3-6-11)4-7-13(17)18/h2-3,5-6,8H,4,7H2,1H3,(H,17,18). The molecule has 1 aliphatic rings. The highest BCUT2D eigenvalue weighted by molar-refractivity contribution is 6.30. The van der Waals surface area contributed by atoms with Gasteiger partial charge in [-0.05, 0) is 31.0 Å². The van der Waals surface area contributed by atoms with Crippen LogP contribution in [0.15, 0.2) is 35.9 Å². The van der Waals surface area contributed by atoms with Gasteiger partial charge in [0, 0.05) is 18.1 Å². The maximum absolute atomic E-state index is 11.8. The molecule has 0 aromatic heterocycles. The first-order valence-electron chi connectivity index (χ1n) is 5.86. The van der Waals surface area contributed by atoms with Gasteiger partial charge in [0.25, 0.3) is 11.8 Å². The molecule has 0 spiro atoms. The predicted molar refractivity (Wildman–Crippen MR) is 68.6 cm³/mol. The Labute approximate surface area is 110 Å². The summed E-state index contributed by atoms with van der Waals surface area (Å²) in [5.74, 6) is -1.52. The minimum Gasteiger partial charge on any atom is -0.481 e. The van der Waals surface area contributed by atoms with Crippen LogP contribution in [0.3, 0.4) is 0 Å². The molecule has 1 aromatic rings. The molecule has 5 heteroatoms. The van der Waals surface area contributed by atoms with E-state index in [1.54, 1.807) is 31.2 Å². The molecule has 1 aliphatic heterocycles. The van der Waals surface area contributed by atoms with Gasteiger partial charge in [0.1, 0.15) is 0 Å². The van der Waals surface area contributed by atoms with E-state index in [4.69, 9.17) is 5.11 Å². The molecular weight excluding hydrogens is 246 g/mol. The first-order valence-corrected chi connectivity index (χ1v) is 5.86. The number of anilines is 1. The second kappa shape index (κ2) is 5.06. The van der Waals surface area contributed by atoms with Crippen LogP contribution in [-0.2, 0) is 20.8 Å². The van der Waals surface area contributed by atoms with Gasteiger partial charge in [-0.3, -0.25) is 14.4 Å². The molecule has 1 heterocycles. The molecule has 1 N–H and O–H groups in total. The van der Waals surface area contributed by atoms with E-state index in [9.17, 15) is 14.4 Å². The Hall–Kier alpha value is -2.43. The zero-order valence-electron chi connectivity index (χ0n) is 10.4. The van der Waals surface area contributed by atoms with Crippen LogP contribution < -0.4 is 4.90 Å². The smallest absolute Gasteiger partial charge is 0.303 e. The number of aryl methyl sites for hydroxylation is 1. The summed E-state index contributed by atoms with van der Waals surface area (Å²) in [4.78, 5) is 35.0. The molecule has 5 nitrogen and oxygen atoms in total. The summed E-state index contributed by atoms with van der Waals surface area (Å²) >= 11 is 0. The normalized spacial score (nSPS) is 14.8. The topological polar surface area (TPSA) is 74.7 Å². The molecule has 2 amide bonds. The number of benzene rings is 1. The zero-order valence-corrected chi connectivity index (χ0v) is 10.4. The second-order valence-corrected chi connectivity index (χ2v) is 4.37. The van der Waals surface area contributed by atoms with Crippen LogP contribution in [0, 0.1) is 0 Å². The summed E-state index contributed by atoms with van der Waals surface area (Å²) < 4.78 is 0. The second-order valence-electron chi connectivity index (χ2n) is 4.37. The number of hydrogen-bond donors (Lipinski definition) is 1. The van der Waals surface area contributed by atoms with Gasteiger partial charge in [-0.2, -0.15) is 0 Å². The van der Waals surface area contributed by atoms with Crippen LogP contribution in [0.2, 0.25) is 0 Å². The van der Waals surface area contributed by atoms with E-state index in [1.807, 2.05) is 0 Å². The van der Waals surface area contributed by atoms with E-state index in [0.717, 1.165) is 10.5 Å². The Morgan fingerprint density at radius 2 is 1.84 bits per heavy atom. The highest BCUT2D eigenvalue weighted by Crippen LogP contribution is 2.22. The SMILES string of the molecule is CC1=CC(=O)N(c2ccc(CCC(=O)O)cc2)C1=O. The van der Waals surface area contributed by atoms with Crippen LogP contribution in [0.5, 0.6) is 0 Å². The fourth-order valence-electron chi connectivity index (χ4n) is 1.90. The van der Waals surface area contributed by atoms with Gasteiger partial charge in [0.2, 0.25) is 0 Å². The zero-order chi connectivity index (χ0) is 14.0. The van der Waals surface area contributed by atoms with Crippen molar-refractivity contribution >= 4 is 23.5 Å². The van der Waals surface area contributed by atoms with E-state index in [-0.39, 0.29) is 18.2 Å². The molecule has 0 bridgehead atoms. The monoisotopic (exact) mass is 259 g/mol. The predicted octanol–water partition coefficient (Wildman–Crippen LogP) is 1.52. The number of carbonyl (C=O) groups excluding carboxylic acids is 2. The highest BCUT2D eigenvalue weighted by Gasteiger charge is 2.29. The maximum atomic E-state index is 11.8. The van der Waals surface area contributed by atoms with Crippen LogP contribution in [0.1, 0.15) is 18.9 Å². The molecule has 0 saturated carbocycles. The van der Waals surface area contributed by atoms with Crippen molar-refractivity contribution in [1.29, 1.82) is 0 Å². The van der Waals surface area contributed by atoms with E-state index in [0.29, 0.717) is 17.7 Å². The van der Waals surface area contributed by atoms with Crippen LogP contribution >= 0.6 is 0 Å². The van der Waals surface area contributed by atoms with Crippen molar-refractivity contribution in [3.05, 3.63) is 41.5 Å². The van der Waals surface area contributed by atoms with E-state index < -0.39 is 5.97 Å². The van der Waals surface area contributed by atoms with Crippen LogP contribution in [-0.4, -0.2) is 22.9 Å². The highest BCUT2D eigenvalue weighted by atomic mass is 16.4. The molecule has 0 atom stereocenters. The number of amides is 2. The van der Waals surface area contributed by atoms with Crippen molar-refractivity contribution in [3.8, 4) is 0 Å². The van der Waals surface area contributed by atoms with Gasteiger partial charge < -0.3 is 5.11 Å². The lowest BCUT2D eigenvalue weighted by Crippen LogP contribution is -2.30. The van der Waals surface area contributed by atoms with Crippen molar-refractivity contribution in [2.24, 2.45) is 0 Å². The number of hydrogen-bond acceptors (Lipinski definition) is 3. The number of aliphatic carboxylic acids is 1. The van der Waals surface area contributed by atoms with E-state index in [2.05, 4.69) is 0 Å². The van der Waals surface area contributed by atoms with E-state index in [1.165, 1.54) is 6.08 Å². The van der Waals surface area contributed by atoms with Gasteiger partial charge in [-0.25, -0.2) is 4.90 Å². The molecule has 0 unspecified atom stereocenters. The summed E-state index contributed by atoms with van der Waals surface area (Å²) in [6, 6.07) is 6.76. The minimum absolute atomic E-state index is 0.0571. The van der Waals surface area contributed by atoms with Crippen molar-refractivity contribution in [2.45, 2.75) is 19.8 Å². The lowest BCUT2D eigenvalue weighted by molar-refractivity contribution is -0.137. The van der Waals surface area contributed by atoms with Crippen molar-refractivity contribution < 1.29 is 19.5 Å². The number of carboxylic acids is 1. The Morgan fingerprint density at radius 3 is 2.32 bits per heavy atom. The van der Waals surface area contributed by atoms with Gasteiger partial charge in [0.05, 0.1) is 5.69 Å². The van der Waals surface area contributed by atoms with Gasteiger partial charge in [0.15, 0.2) is 0 Å². The molecule has 19 heavy (non-hydrogen) atoms. The molecule has 0 aliphatic carbocycles. The molecule has 0 radical (unpaired) electrons. The Kier molecular flexibility index (Phi) is 3.46. The number of rotatable bonds is 4. The first kappa shape index (κ1) is 13.0. The molecule has 0 saturated heterocycles. The number of imide groups is 1. The van der Waals surface area contributed by atoms with Crippen molar-refractivity contribution in [1.82, 2.24) is 0 Å². The summed E-state index contributed by atoms with van der Waals surface area (Å²) in [5, 5.41) is 8.60. The summed E-state index contributed by atoms with van der Waals surface area (Å²) in [6.45, 7) is 1.60. The number of carbonyl (C=O) groups is 3. The minimum atomic E-state index is -0.853. The Morgan fingerprint density at radius 1 is 1.21 bits per heavy atom. The van der Waals surface area contributed by atoms with Gasteiger partial charge in [-0.15, -0.1) is 0 Å². The van der Waals surface area contributed by atoms with E-state index >= 15 is 0 Å². The average molecular weight is 259 g/mol. The third-order valence-corrected chi connectivity index (χ3v) is 2.92. The van der Waals surface area contributed by atoms with Gasteiger partial charge in [-0.1, -0.05) is 12.1 Å². The third kappa shape index (κ3) is 2.70. The maximum Gasteiger partial charge on any atom is 0.303 e. The van der Waals surface area contributed by atoms with Crippen molar-refractivity contribution in [2.75, 3.05) is 4.90 Å². The summed E-state index contributed by atoms with van der Waals surface area (Å²) in [6.07, 6.45) is 1.79. The molecule has 2 rings (SSSR count). The molecule has 98 valence electrons. The Balaban J connectivity index is 2.13. The summed E-state index contributed by atoms with van der Waals surface area (Å²) in [7, 11) is 0. The quantitative estimate of drug-likeness (QED) is 0.832.